The van der Waals surface area contributed by atoms with Gasteiger partial charge in [0.2, 0.25) is 5.91 Å². The summed E-state index contributed by atoms with van der Waals surface area (Å²) in [7, 11) is 0. The minimum Gasteiger partial charge on any atom is -0.351 e. The van der Waals surface area contributed by atoms with Gasteiger partial charge in [0.1, 0.15) is 5.82 Å². The van der Waals surface area contributed by atoms with E-state index in [2.05, 4.69) is 4.98 Å². The molecule has 1 aromatic carbocycles. The molecule has 1 aromatic heterocycles. The Morgan fingerprint density at radius 3 is 2.44 bits per heavy atom. The van der Waals surface area contributed by atoms with E-state index in [4.69, 9.17) is 0 Å². The summed E-state index contributed by atoms with van der Waals surface area (Å²) >= 11 is 0. The van der Waals surface area contributed by atoms with Crippen molar-refractivity contribution >= 4 is 11.7 Å². The minimum absolute atomic E-state index is 0.0106. The molecule has 0 bridgehead atoms. The van der Waals surface area contributed by atoms with Gasteiger partial charge in [0, 0.05) is 38.3 Å². The first-order valence-corrected chi connectivity index (χ1v) is 8.53. The van der Waals surface area contributed by atoms with Crippen molar-refractivity contribution < 1.29 is 13.6 Å². The summed E-state index contributed by atoms with van der Waals surface area (Å²) < 4.78 is 26.8. The third-order valence-electron chi connectivity index (χ3n) is 5.04. The van der Waals surface area contributed by atoms with Crippen LogP contribution in [-0.4, -0.2) is 42.0 Å². The first-order valence-electron chi connectivity index (χ1n) is 8.53. The van der Waals surface area contributed by atoms with Crippen molar-refractivity contribution in [1.82, 2.24) is 9.88 Å². The number of piperazine rings is 1. The molecule has 4 nitrogen and oxygen atoms in total. The lowest BCUT2D eigenvalue weighted by molar-refractivity contribution is -0.133. The number of carbonyl (C=O) groups excluding carboxylic acids is 1. The molecule has 0 spiro atoms. The second-order valence-corrected chi connectivity index (χ2v) is 6.62. The predicted octanol–water partition coefficient (Wildman–Crippen LogP) is 2.81. The standard InChI is InChI=1S/C19H19F2N3O/c20-14-5-3-13(4-6-14)15-12-16(15)19(25)24-10-8-23(9-11-24)18-17(21)2-1-7-22-18/h1-7,15-16H,8-12H2/t15-,16-/m1/s1. The zero-order valence-electron chi connectivity index (χ0n) is 13.7. The van der Waals surface area contributed by atoms with Crippen molar-refractivity contribution in [2.45, 2.75) is 12.3 Å². The lowest BCUT2D eigenvalue weighted by Crippen LogP contribution is -2.49. The number of aromatic nitrogens is 1. The van der Waals surface area contributed by atoms with Crippen molar-refractivity contribution in [1.29, 1.82) is 0 Å². The van der Waals surface area contributed by atoms with Crippen LogP contribution in [0.15, 0.2) is 42.6 Å². The highest BCUT2D eigenvalue weighted by Gasteiger charge is 2.46. The molecule has 0 unspecified atom stereocenters. The molecule has 130 valence electrons. The molecule has 0 radical (unpaired) electrons. The molecule has 1 aliphatic carbocycles. The number of benzene rings is 1. The zero-order valence-corrected chi connectivity index (χ0v) is 13.7. The van der Waals surface area contributed by atoms with Gasteiger partial charge in [-0.15, -0.1) is 0 Å². The lowest BCUT2D eigenvalue weighted by atomic mass is 10.1. The first kappa shape index (κ1) is 16.0. The molecule has 2 atom stereocenters. The highest BCUT2D eigenvalue weighted by Crippen LogP contribution is 2.48. The fourth-order valence-corrected chi connectivity index (χ4v) is 3.53. The number of anilines is 1. The fourth-order valence-electron chi connectivity index (χ4n) is 3.53. The molecule has 25 heavy (non-hydrogen) atoms. The van der Waals surface area contributed by atoms with Crippen LogP contribution in [-0.2, 0) is 4.79 Å². The molecular formula is C19H19F2N3O. The smallest absolute Gasteiger partial charge is 0.226 e. The average molecular weight is 343 g/mol. The van der Waals surface area contributed by atoms with Gasteiger partial charge in [-0.1, -0.05) is 12.1 Å². The van der Waals surface area contributed by atoms with Crippen LogP contribution in [0.4, 0.5) is 14.6 Å². The molecule has 2 heterocycles. The van der Waals surface area contributed by atoms with E-state index in [1.54, 1.807) is 24.4 Å². The summed E-state index contributed by atoms with van der Waals surface area (Å²) in [6, 6.07) is 9.37. The Hall–Kier alpha value is -2.50. The number of hydrogen-bond donors (Lipinski definition) is 0. The number of carbonyl (C=O) groups is 1. The van der Waals surface area contributed by atoms with Gasteiger partial charge in [0.15, 0.2) is 11.6 Å². The molecule has 0 N–H and O–H groups in total. The Balaban J connectivity index is 1.35. The third-order valence-corrected chi connectivity index (χ3v) is 5.04. The summed E-state index contributed by atoms with van der Waals surface area (Å²) in [5.41, 5.74) is 1.02. The quantitative estimate of drug-likeness (QED) is 0.860. The van der Waals surface area contributed by atoms with E-state index in [0.29, 0.717) is 32.0 Å². The Kier molecular flexibility index (Phi) is 4.11. The first-order chi connectivity index (χ1) is 12.1. The van der Waals surface area contributed by atoms with Crippen LogP contribution in [0.25, 0.3) is 0 Å². The summed E-state index contributed by atoms with van der Waals surface area (Å²) in [5, 5.41) is 0. The van der Waals surface area contributed by atoms with Crippen LogP contribution in [0.2, 0.25) is 0 Å². The largest absolute Gasteiger partial charge is 0.351 e. The van der Waals surface area contributed by atoms with Crippen molar-refractivity contribution in [3.8, 4) is 0 Å². The van der Waals surface area contributed by atoms with E-state index >= 15 is 0 Å². The van der Waals surface area contributed by atoms with Crippen LogP contribution < -0.4 is 4.90 Å². The maximum absolute atomic E-state index is 13.8. The van der Waals surface area contributed by atoms with E-state index in [0.717, 1.165) is 12.0 Å². The van der Waals surface area contributed by atoms with Crippen LogP contribution in [0.1, 0.15) is 17.9 Å². The Morgan fingerprint density at radius 2 is 1.76 bits per heavy atom. The van der Waals surface area contributed by atoms with E-state index < -0.39 is 0 Å². The molecule has 1 aliphatic heterocycles. The maximum atomic E-state index is 13.8. The lowest BCUT2D eigenvalue weighted by Gasteiger charge is -2.35. The summed E-state index contributed by atoms with van der Waals surface area (Å²) in [6.45, 7) is 2.30. The second kappa shape index (κ2) is 6.43. The Bertz CT molecular complexity index is 772. The monoisotopic (exact) mass is 343 g/mol. The van der Waals surface area contributed by atoms with Gasteiger partial charge < -0.3 is 9.80 Å². The molecule has 1 amide bonds. The average Bonchev–Trinajstić information content (AvgIpc) is 3.43. The van der Waals surface area contributed by atoms with E-state index in [9.17, 15) is 13.6 Å². The van der Waals surface area contributed by atoms with E-state index in [1.165, 1.54) is 18.2 Å². The van der Waals surface area contributed by atoms with Gasteiger partial charge in [-0.2, -0.15) is 0 Å². The molecule has 2 fully saturated rings. The molecular weight excluding hydrogens is 324 g/mol. The molecule has 2 aliphatic rings. The normalized spacial score (nSPS) is 22.8. The number of pyridine rings is 1. The molecule has 1 saturated heterocycles. The van der Waals surface area contributed by atoms with Gasteiger partial charge >= 0.3 is 0 Å². The minimum atomic E-state index is -0.333. The number of halogens is 2. The number of rotatable bonds is 3. The van der Waals surface area contributed by atoms with Crippen LogP contribution in [0.5, 0.6) is 0 Å². The van der Waals surface area contributed by atoms with Gasteiger partial charge in [0.25, 0.3) is 0 Å². The number of hydrogen-bond acceptors (Lipinski definition) is 3. The van der Waals surface area contributed by atoms with Crippen molar-refractivity contribution in [2.24, 2.45) is 5.92 Å². The van der Waals surface area contributed by atoms with Crippen molar-refractivity contribution in [2.75, 3.05) is 31.1 Å². The fraction of sp³-hybridized carbons (Fsp3) is 0.368. The topological polar surface area (TPSA) is 36.4 Å². The van der Waals surface area contributed by atoms with Gasteiger partial charge in [-0.3, -0.25) is 4.79 Å². The third kappa shape index (κ3) is 3.21. The van der Waals surface area contributed by atoms with Crippen molar-refractivity contribution in [3.63, 3.8) is 0 Å². The van der Waals surface area contributed by atoms with E-state index in [-0.39, 0.29) is 29.4 Å². The van der Waals surface area contributed by atoms with Crippen LogP contribution >= 0.6 is 0 Å². The van der Waals surface area contributed by atoms with Crippen LogP contribution in [0.3, 0.4) is 0 Å². The SMILES string of the molecule is O=C([C@@H]1C[C@@H]1c1ccc(F)cc1)N1CCN(c2ncccc2F)CC1. The second-order valence-electron chi connectivity index (χ2n) is 6.62. The zero-order chi connectivity index (χ0) is 17.4. The van der Waals surface area contributed by atoms with Crippen LogP contribution in [0, 0.1) is 17.6 Å². The van der Waals surface area contributed by atoms with Gasteiger partial charge in [-0.25, -0.2) is 13.8 Å². The maximum Gasteiger partial charge on any atom is 0.226 e. The summed E-state index contributed by atoms with van der Waals surface area (Å²) in [4.78, 5) is 20.5. The summed E-state index contributed by atoms with van der Waals surface area (Å²) in [6.07, 6.45) is 2.40. The number of amides is 1. The Morgan fingerprint density at radius 1 is 1.04 bits per heavy atom. The number of nitrogens with zero attached hydrogens (tertiary/aromatic N) is 3. The molecule has 4 rings (SSSR count). The summed E-state index contributed by atoms with van der Waals surface area (Å²) in [5.74, 6) is 0.0923. The van der Waals surface area contributed by atoms with Gasteiger partial charge in [0.05, 0.1) is 0 Å². The molecule has 6 heteroatoms. The molecule has 1 saturated carbocycles. The van der Waals surface area contributed by atoms with Crippen molar-refractivity contribution in [3.05, 3.63) is 59.8 Å². The highest BCUT2D eigenvalue weighted by molar-refractivity contribution is 5.83. The van der Waals surface area contributed by atoms with E-state index in [1.807, 2.05) is 9.80 Å². The Labute approximate surface area is 145 Å². The predicted molar refractivity (Wildman–Crippen MR) is 90.2 cm³/mol. The highest BCUT2D eigenvalue weighted by atomic mass is 19.1. The molecule has 2 aromatic rings. The van der Waals surface area contributed by atoms with Gasteiger partial charge in [-0.05, 0) is 42.2 Å².